The molecular formula is C18H31ClN2O2S. The molecule has 0 unspecified atom stereocenters. The van der Waals surface area contributed by atoms with E-state index in [9.17, 15) is 8.42 Å². The van der Waals surface area contributed by atoms with Gasteiger partial charge in [-0.05, 0) is 61.9 Å². The number of nitrogens with one attached hydrogen (secondary N) is 1. The van der Waals surface area contributed by atoms with Crippen LogP contribution in [-0.4, -0.2) is 38.9 Å². The van der Waals surface area contributed by atoms with Gasteiger partial charge in [0.1, 0.15) is 0 Å². The Labute approximate surface area is 153 Å². The zero-order chi connectivity index (χ0) is 17.4. The van der Waals surface area contributed by atoms with E-state index < -0.39 is 10.0 Å². The molecule has 24 heavy (non-hydrogen) atoms. The maximum atomic E-state index is 13.1. The molecule has 1 aromatic rings. The first kappa shape index (κ1) is 21.4. The van der Waals surface area contributed by atoms with E-state index in [1.165, 1.54) is 5.56 Å². The molecule has 1 aliphatic heterocycles. The van der Waals surface area contributed by atoms with E-state index in [1.807, 2.05) is 26.0 Å². The molecule has 1 aliphatic rings. The molecule has 0 amide bonds. The van der Waals surface area contributed by atoms with Crippen molar-refractivity contribution in [2.75, 3.05) is 20.1 Å². The van der Waals surface area contributed by atoms with Crippen LogP contribution < -0.4 is 5.32 Å². The van der Waals surface area contributed by atoms with Crippen LogP contribution in [0.2, 0.25) is 0 Å². The predicted molar refractivity (Wildman–Crippen MR) is 103 cm³/mol. The number of halogens is 1. The van der Waals surface area contributed by atoms with E-state index in [1.54, 1.807) is 11.4 Å². The second kappa shape index (κ2) is 7.73. The third kappa shape index (κ3) is 4.31. The number of piperidine rings is 1. The highest BCUT2D eigenvalue weighted by Crippen LogP contribution is 2.31. The Morgan fingerprint density at radius 3 is 1.96 bits per heavy atom. The first-order chi connectivity index (χ1) is 10.5. The first-order valence-corrected chi connectivity index (χ1v) is 9.79. The molecule has 2 rings (SSSR count). The molecule has 4 nitrogen and oxygen atoms in total. The second-order valence-electron chi connectivity index (χ2n) is 7.69. The van der Waals surface area contributed by atoms with Gasteiger partial charge in [0.25, 0.3) is 0 Å². The molecule has 0 atom stereocenters. The number of nitrogens with zero attached hydrogens (tertiary/aromatic N) is 1. The monoisotopic (exact) mass is 374 g/mol. The standard InChI is InChI=1S/C18H30N2O2S.ClH/c1-13-11-15(18(3,4)5)12-14(2)17(13)23(21,22)20(6)16-7-9-19-10-8-16;/h11-12,16,19H,7-10H2,1-6H3;1H. The quantitative estimate of drug-likeness (QED) is 0.882. The van der Waals surface area contributed by atoms with E-state index in [0.29, 0.717) is 4.90 Å². The average molecular weight is 375 g/mol. The van der Waals surface area contributed by atoms with E-state index in [0.717, 1.165) is 37.1 Å². The molecule has 1 fully saturated rings. The lowest BCUT2D eigenvalue weighted by molar-refractivity contribution is 0.296. The molecule has 0 radical (unpaired) electrons. The van der Waals surface area contributed by atoms with E-state index in [4.69, 9.17) is 0 Å². The van der Waals surface area contributed by atoms with Gasteiger partial charge >= 0.3 is 0 Å². The summed E-state index contributed by atoms with van der Waals surface area (Å²) < 4.78 is 27.9. The Kier molecular flexibility index (Phi) is 6.90. The summed E-state index contributed by atoms with van der Waals surface area (Å²) in [5.74, 6) is 0. The van der Waals surface area contributed by atoms with E-state index >= 15 is 0 Å². The van der Waals surface area contributed by atoms with Gasteiger partial charge < -0.3 is 5.32 Å². The lowest BCUT2D eigenvalue weighted by atomic mass is 9.85. The van der Waals surface area contributed by atoms with Crippen LogP contribution in [0.15, 0.2) is 17.0 Å². The maximum absolute atomic E-state index is 13.1. The zero-order valence-corrected chi connectivity index (χ0v) is 17.3. The summed E-state index contributed by atoms with van der Waals surface area (Å²) in [5, 5.41) is 3.29. The van der Waals surface area contributed by atoms with Gasteiger partial charge in [-0.1, -0.05) is 32.9 Å². The van der Waals surface area contributed by atoms with Crippen LogP contribution in [0.1, 0.15) is 50.3 Å². The summed E-state index contributed by atoms with van der Waals surface area (Å²) in [6.07, 6.45) is 1.74. The largest absolute Gasteiger partial charge is 0.317 e. The number of hydrogen-bond acceptors (Lipinski definition) is 3. The lowest BCUT2D eigenvalue weighted by Gasteiger charge is -2.32. The summed E-state index contributed by atoms with van der Waals surface area (Å²) in [7, 11) is -1.73. The van der Waals surface area contributed by atoms with Gasteiger partial charge in [-0.3, -0.25) is 0 Å². The molecule has 1 heterocycles. The number of benzene rings is 1. The fourth-order valence-corrected chi connectivity index (χ4v) is 5.12. The van der Waals surface area contributed by atoms with E-state index in [2.05, 4.69) is 26.1 Å². The number of hydrogen-bond donors (Lipinski definition) is 1. The Balaban J connectivity index is 0.00000288. The van der Waals surface area contributed by atoms with Crippen LogP contribution in [0.5, 0.6) is 0 Å². The first-order valence-electron chi connectivity index (χ1n) is 8.35. The minimum atomic E-state index is -3.46. The summed E-state index contributed by atoms with van der Waals surface area (Å²) in [6.45, 7) is 12.0. The summed E-state index contributed by atoms with van der Waals surface area (Å²) in [4.78, 5) is 0.478. The highest BCUT2D eigenvalue weighted by molar-refractivity contribution is 7.89. The summed E-state index contributed by atoms with van der Waals surface area (Å²) >= 11 is 0. The van der Waals surface area contributed by atoms with Gasteiger partial charge in [0, 0.05) is 13.1 Å². The fourth-order valence-electron chi connectivity index (χ4n) is 3.30. The molecule has 0 saturated carbocycles. The van der Waals surface area contributed by atoms with Crippen molar-refractivity contribution in [1.29, 1.82) is 0 Å². The number of sulfonamides is 1. The molecule has 1 aromatic carbocycles. The Morgan fingerprint density at radius 1 is 1.08 bits per heavy atom. The third-order valence-electron chi connectivity index (χ3n) is 4.79. The van der Waals surface area contributed by atoms with Crippen LogP contribution in [0.25, 0.3) is 0 Å². The van der Waals surface area contributed by atoms with Crippen LogP contribution in [-0.2, 0) is 15.4 Å². The van der Waals surface area contributed by atoms with Gasteiger partial charge in [0.2, 0.25) is 10.0 Å². The molecular weight excluding hydrogens is 344 g/mol. The van der Waals surface area contributed by atoms with Crippen molar-refractivity contribution in [2.24, 2.45) is 0 Å². The van der Waals surface area contributed by atoms with Crippen LogP contribution in [0.4, 0.5) is 0 Å². The molecule has 0 aromatic heterocycles. The van der Waals surface area contributed by atoms with Gasteiger partial charge in [-0.2, -0.15) is 4.31 Å². The van der Waals surface area contributed by atoms with Gasteiger partial charge in [-0.25, -0.2) is 8.42 Å². The fraction of sp³-hybridized carbons (Fsp3) is 0.667. The van der Waals surface area contributed by atoms with Crippen LogP contribution in [0.3, 0.4) is 0 Å². The molecule has 0 bridgehead atoms. The van der Waals surface area contributed by atoms with Crippen LogP contribution in [0, 0.1) is 13.8 Å². The lowest BCUT2D eigenvalue weighted by Crippen LogP contribution is -2.44. The Morgan fingerprint density at radius 2 is 1.54 bits per heavy atom. The Bertz CT molecular complexity index is 652. The van der Waals surface area contributed by atoms with Crippen molar-refractivity contribution in [1.82, 2.24) is 9.62 Å². The predicted octanol–water partition coefficient (Wildman–Crippen LogP) is 3.40. The molecule has 1 N–H and O–H groups in total. The van der Waals surface area contributed by atoms with E-state index in [-0.39, 0.29) is 23.9 Å². The van der Waals surface area contributed by atoms with Crippen molar-refractivity contribution in [2.45, 2.75) is 63.8 Å². The highest BCUT2D eigenvalue weighted by Gasteiger charge is 2.31. The highest BCUT2D eigenvalue weighted by atomic mass is 35.5. The second-order valence-corrected chi connectivity index (χ2v) is 9.63. The van der Waals surface area contributed by atoms with Gasteiger partial charge in [0.05, 0.1) is 4.90 Å². The average Bonchev–Trinajstić information content (AvgIpc) is 2.45. The molecule has 0 spiro atoms. The van der Waals surface area contributed by atoms with Crippen molar-refractivity contribution in [3.63, 3.8) is 0 Å². The summed E-state index contributed by atoms with van der Waals surface area (Å²) in [5.41, 5.74) is 2.88. The smallest absolute Gasteiger partial charge is 0.243 e. The maximum Gasteiger partial charge on any atom is 0.243 e. The molecule has 0 aliphatic carbocycles. The van der Waals surface area contributed by atoms with Crippen molar-refractivity contribution < 1.29 is 8.42 Å². The number of aryl methyl sites for hydroxylation is 2. The zero-order valence-electron chi connectivity index (χ0n) is 15.6. The molecule has 138 valence electrons. The SMILES string of the molecule is Cc1cc(C(C)(C)C)cc(C)c1S(=O)(=O)N(C)C1CCNCC1.Cl. The summed E-state index contributed by atoms with van der Waals surface area (Å²) in [6, 6.07) is 4.13. The van der Waals surface area contributed by atoms with Crippen molar-refractivity contribution in [3.8, 4) is 0 Å². The normalized spacial score (nSPS) is 17.0. The minimum absolute atomic E-state index is 0. The molecule has 6 heteroatoms. The van der Waals surface area contributed by atoms with Gasteiger partial charge in [-0.15, -0.1) is 12.4 Å². The minimum Gasteiger partial charge on any atom is -0.317 e. The number of rotatable bonds is 3. The Hall–Kier alpha value is -0.620. The third-order valence-corrected chi connectivity index (χ3v) is 7.00. The topological polar surface area (TPSA) is 49.4 Å². The van der Waals surface area contributed by atoms with Crippen molar-refractivity contribution >= 4 is 22.4 Å². The van der Waals surface area contributed by atoms with Crippen molar-refractivity contribution in [3.05, 3.63) is 28.8 Å². The molecule has 1 saturated heterocycles. The van der Waals surface area contributed by atoms with Crippen LogP contribution >= 0.6 is 12.4 Å². The van der Waals surface area contributed by atoms with Gasteiger partial charge in [0.15, 0.2) is 0 Å².